The molecule has 0 fully saturated rings. The van der Waals surface area contributed by atoms with Crippen molar-refractivity contribution in [2.24, 2.45) is 5.73 Å². The van der Waals surface area contributed by atoms with Gasteiger partial charge in [-0.15, -0.1) is 0 Å². The third-order valence-corrected chi connectivity index (χ3v) is 3.00. The first kappa shape index (κ1) is 13.3. The van der Waals surface area contributed by atoms with Crippen LogP contribution < -0.4 is 15.2 Å². The molecule has 1 unspecified atom stereocenters. The van der Waals surface area contributed by atoms with Crippen molar-refractivity contribution in [1.29, 1.82) is 0 Å². The SMILES string of the molecule is COc1ccc(C(CN)c2cccnn2)c(OC)c1. The van der Waals surface area contributed by atoms with Gasteiger partial charge >= 0.3 is 0 Å². The fourth-order valence-electron chi connectivity index (χ4n) is 2.01. The van der Waals surface area contributed by atoms with Gasteiger partial charge in [0.1, 0.15) is 11.5 Å². The summed E-state index contributed by atoms with van der Waals surface area (Å²) in [6.45, 7) is 0.432. The molecule has 19 heavy (non-hydrogen) atoms. The summed E-state index contributed by atoms with van der Waals surface area (Å²) in [4.78, 5) is 0. The summed E-state index contributed by atoms with van der Waals surface area (Å²) in [5, 5.41) is 8.02. The highest BCUT2D eigenvalue weighted by Crippen LogP contribution is 2.32. The number of benzene rings is 1. The minimum atomic E-state index is -0.0467. The molecule has 0 aliphatic carbocycles. The Morgan fingerprint density at radius 1 is 1.21 bits per heavy atom. The van der Waals surface area contributed by atoms with Crippen LogP contribution in [0, 0.1) is 0 Å². The molecule has 0 saturated heterocycles. The normalized spacial score (nSPS) is 11.9. The van der Waals surface area contributed by atoms with Gasteiger partial charge in [-0.1, -0.05) is 6.07 Å². The maximum absolute atomic E-state index is 5.88. The van der Waals surface area contributed by atoms with Crippen LogP contribution in [0.4, 0.5) is 0 Å². The van der Waals surface area contributed by atoms with Crippen LogP contribution >= 0.6 is 0 Å². The summed E-state index contributed by atoms with van der Waals surface area (Å²) >= 11 is 0. The van der Waals surface area contributed by atoms with E-state index in [1.807, 2.05) is 30.3 Å². The minimum absolute atomic E-state index is 0.0467. The monoisotopic (exact) mass is 259 g/mol. The van der Waals surface area contributed by atoms with E-state index in [1.54, 1.807) is 20.4 Å². The lowest BCUT2D eigenvalue weighted by Crippen LogP contribution is -2.16. The van der Waals surface area contributed by atoms with E-state index in [1.165, 1.54) is 0 Å². The topological polar surface area (TPSA) is 70.3 Å². The average molecular weight is 259 g/mol. The van der Waals surface area contributed by atoms with Crippen LogP contribution in [0.15, 0.2) is 36.5 Å². The fourth-order valence-corrected chi connectivity index (χ4v) is 2.01. The van der Waals surface area contributed by atoms with Gasteiger partial charge in [0, 0.05) is 30.3 Å². The van der Waals surface area contributed by atoms with E-state index in [9.17, 15) is 0 Å². The molecule has 100 valence electrons. The van der Waals surface area contributed by atoms with Gasteiger partial charge in [-0.05, 0) is 18.2 Å². The second-order valence-electron chi connectivity index (χ2n) is 4.04. The summed E-state index contributed by atoms with van der Waals surface area (Å²) in [5.74, 6) is 1.44. The fraction of sp³-hybridized carbons (Fsp3) is 0.286. The highest BCUT2D eigenvalue weighted by atomic mass is 16.5. The first-order valence-electron chi connectivity index (χ1n) is 5.99. The zero-order chi connectivity index (χ0) is 13.7. The standard InChI is InChI=1S/C14H17N3O2/c1-18-10-5-6-11(14(8-10)19-2)12(9-15)13-4-3-7-16-17-13/h3-8,12H,9,15H2,1-2H3. The third-order valence-electron chi connectivity index (χ3n) is 3.00. The number of hydrogen-bond donors (Lipinski definition) is 1. The molecule has 1 heterocycles. The van der Waals surface area contributed by atoms with Crippen molar-refractivity contribution >= 4 is 0 Å². The number of nitrogens with two attached hydrogens (primary N) is 1. The quantitative estimate of drug-likeness (QED) is 0.882. The largest absolute Gasteiger partial charge is 0.497 e. The molecule has 0 amide bonds. The van der Waals surface area contributed by atoms with E-state index >= 15 is 0 Å². The first-order valence-corrected chi connectivity index (χ1v) is 5.99. The van der Waals surface area contributed by atoms with E-state index in [-0.39, 0.29) is 5.92 Å². The van der Waals surface area contributed by atoms with Gasteiger partial charge in [-0.2, -0.15) is 10.2 Å². The van der Waals surface area contributed by atoms with Crippen LogP contribution in [0.2, 0.25) is 0 Å². The highest BCUT2D eigenvalue weighted by molar-refractivity contribution is 5.45. The molecular formula is C14H17N3O2. The second kappa shape index (κ2) is 6.15. The Morgan fingerprint density at radius 3 is 2.63 bits per heavy atom. The predicted molar refractivity (Wildman–Crippen MR) is 72.5 cm³/mol. The van der Waals surface area contributed by atoms with Crippen molar-refractivity contribution in [3.8, 4) is 11.5 Å². The molecule has 1 atom stereocenters. The molecule has 0 saturated carbocycles. The van der Waals surface area contributed by atoms with Gasteiger partial charge in [-0.25, -0.2) is 0 Å². The zero-order valence-electron chi connectivity index (χ0n) is 11.0. The van der Waals surface area contributed by atoms with Crippen molar-refractivity contribution in [3.63, 3.8) is 0 Å². The van der Waals surface area contributed by atoms with E-state index in [0.717, 1.165) is 22.8 Å². The maximum atomic E-state index is 5.88. The summed E-state index contributed by atoms with van der Waals surface area (Å²) in [6, 6.07) is 9.43. The zero-order valence-corrected chi connectivity index (χ0v) is 11.0. The molecule has 0 aliphatic heterocycles. The van der Waals surface area contributed by atoms with Crippen LogP contribution in [0.3, 0.4) is 0 Å². The predicted octanol–water partition coefficient (Wildman–Crippen LogP) is 1.58. The molecule has 2 aromatic rings. The molecule has 0 aliphatic rings. The summed E-state index contributed by atoms with van der Waals surface area (Å²) in [5.41, 5.74) is 7.68. The molecule has 2 N–H and O–H groups in total. The number of methoxy groups -OCH3 is 2. The number of aromatic nitrogens is 2. The van der Waals surface area contributed by atoms with Crippen molar-refractivity contribution in [2.75, 3.05) is 20.8 Å². The number of ether oxygens (including phenoxy) is 2. The van der Waals surface area contributed by atoms with Gasteiger partial charge in [0.2, 0.25) is 0 Å². The molecule has 0 spiro atoms. The molecule has 0 radical (unpaired) electrons. The van der Waals surface area contributed by atoms with Crippen LogP contribution in [-0.4, -0.2) is 31.0 Å². The van der Waals surface area contributed by atoms with Gasteiger partial charge in [-0.3, -0.25) is 0 Å². The van der Waals surface area contributed by atoms with Gasteiger partial charge in [0.15, 0.2) is 0 Å². The molecular weight excluding hydrogens is 242 g/mol. The Hall–Kier alpha value is -2.14. The van der Waals surface area contributed by atoms with E-state index in [0.29, 0.717) is 6.54 Å². The number of nitrogens with zero attached hydrogens (tertiary/aromatic N) is 2. The first-order chi connectivity index (χ1) is 9.30. The van der Waals surface area contributed by atoms with Crippen molar-refractivity contribution in [3.05, 3.63) is 47.8 Å². The van der Waals surface area contributed by atoms with E-state index < -0.39 is 0 Å². The maximum Gasteiger partial charge on any atom is 0.126 e. The lowest BCUT2D eigenvalue weighted by Gasteiger charge is -2.18. The highest BCUT2D eigenvalue weighted by Gasteiger charge is 2.19. The summed E-state index contributed by atoms with van der Waals surface area (Å²) < 4.78 is 10.6. The third kappa shape index (κ3) is 2.82. The molecule has 5 heteroatoms. The lowest BCUT2D eigenvalue weighted by atomic mass is 9.94. The van der Waals surface area contributed by atoms with E-state index in [2.05, 4.69) is 10.2 Å². The summed E-state index contributed by atoms with van der Waals surface area (Å²) in [7, 11) is 3.25. The van der Waals surface area contributed by atoms with Crippen LogP contribution in [-0.2, 0) is 0 Å². The van der Waals surface area contributed by atoms with E-state index in [4.69, 9.17) is 15.2 Å². The molecule has 0 bridgehead atoms. The smallest absolute Gasteiger partial charge is 0.126 e. The molecule has 1 aromatic heterocycles. The van der Waals surface area contributed by atoms with Crippen LogP contribution in [0.1, 0.15) is 17.2 Å². The van der Waals surface area contributed by atoms with Crippen LogP contribution in [0.5, 0.6) is 11.5 Å². The van der Waals surface area contributed by atoms with Gasteiger partial charge < -0.3 is 15.2 Å². The Kier molecular flexibility index (Phi) is 4.30. The molecule has 2 rings (SSSR count). The molecule has 1 aromatic carbocycles. The number of rotatable bonds is 5. The summed E-state index contributed by atoms with van der Waals surface area (Å²) in [6.07, 6.45) is 1.64. The molecule has 5 nitrogen and oxygen atoms in total. The second-order valence-corrected chi connectivity index (χ2v) is 4.04. The Morgan fingerprint density at radius 2 is 2.05 bits per heavy atom. The van der Waals surface area contributed by atoms with Crippen molar-refractivity contribution < 1.29 is 9.47 Å². The van der Waals surface area contributed by atoms with Crippen LogP contribution in [0.25, 0.3) is 0 Å². The number of hydrogen-bond acceptors (Lipinski definition) is 5. The van der Waals surface area contributed by atoms with Crippen molar-refractivity contribution in [1.82, 2.24) is 10.2 Å². The Balaban J connectivity index is 2.43. The Bertz CT molecular complexity index is 531. The lowest BCUT2D eigenvalue weighted by molar-refractivity contribution is 0.389. The minimum Gasteiger partial charge on any atom is -0.497 e. The average Bonchev–Trinajstić information content (AvgIpc) is 2.49. The van der Waals surface area contributed by atoms with Gasteiger partial charge in [0.25, 0.3) is 0 Å². The van der Waals surface area contributed by atoms with Crippen molar-refractivity contribution in [2.45, 2.75) is 5.92 Å². The van der Waals surface area contributed by atoms with Gasteiger partial charge in [0.05, 0.1) is 19.9 Å². The Labute approximate surface area is 112 Å².